The summed E-state index contributed by atoms with van der Waals surface area (Å²) in [5.41, 5.74) is 0.586. The minimum Gasteiger partial charge on any atom is -0.503 e. The molecule has 9 heteroatoms. The molecule has 2 aliphatic rings. The molecule has 162 valence electrons. The van der Waals surface area contributed by atoms with E-state index in [-0.39, 0.29) is 23.5 Å². The third-order valence-electron chi connectivity index (χ3n) is 5.62. The highest BCUT2D eigenvalue weighted by Gasteiger charge is 2.47. The van der Waals surface area contributed by atoms with Crippen LogP contribution in [0.25, 0.3) is 0 Å². The maximum atomic E-state index is 13.1. The molecule has 2 aromatic heterocycles. The van der Waals surface area contributed by atoms with Gasteiger partial charge >= 0.3 is 6.09 Å². The smallest absolute Gasteiger partial charge is 0.409 e. The van der Waals surface area contributed by atoms with Gasteiger partial charge in [0.1, 0.15) is 0 Å². The standard InChI is InChI=1S/C22H23N3O6/c1-2-30-22(29)24-10-7-15(8-11-24)25-18(14-5-3-9-23-13-14)17(20(27)21(25)28)19(26)16-6-4-12-31-16/h3-6,9,12-13,15,18,27H,2,7-8,10-11H2,1H3. The zero-order valence-electron chi connectivity index (χ0n) is 17.1. The van der Waals surface area contributed by atoms with Gasteiger partial charge in [0, 0.05) is 31.5 Å². The summed E-state index contributed by atoms with van der Waals surface area (Å²) in [4.78, 5) is 45.5. The maximum absolute atomic E-state index is 13.1. The summed E-state index contributed by atoms with van der Waals surface area (Å²) in [6.07, 6.45) is 5.15. The quantitative estimate of drug-likeness (QED) is 0.733. The van der Waals surface area contributed by atoms with E-state index >= 15 is 0 Å². The van der Waals surface area contributed by atoms with E-state index in [1.54, 1.807) is 42.4 Å². The Morgan fingerprint density at radius 1 is 1.26 bits per heavy atom. The van der Waals surface area contributed by atoms with Crippen molar-refractivity contribution in [3.63, 3.8) is 0 Å². The normalized spacial score (nSPS) is 19.8. The van der Waals surface area contributed by atoms with E-state index in [1.807, 2.05) is 0 Å². The molecular formula is C22H23N3O6. The Labute approximate surface area is 178 Å². The SMILES string of the molecule is CCOC(=O)N1CCC(N2C(=O)C(O)=C(C(=O)c3ccco3)C2c2cccnc2)CC1. The van der Waals surface area contributed by atoms with Crippen molar-refractivity contribution in [2.45, 2.75) is 31.8 Å². The number of hydrogen-bond donors (Lipinski definition) is 1. The van der Waals surface area contributed by atoms with Crippen LogP contribution in [0.4, 0.5) is 4.79 Å². The molecule has 2 aromatic rings. The second-order valence-electron chi connectivity index (χ2n) is 7.39. The number of nitrogens with zero attached hydrogens (tertiary/aromatic N) is 3. The second-order valence-corrected chi connectivity index (χ2v) is 7.39. The van der Waals surface area contributed by atoms with Crippen LogP contribution in [0.2, 0.25) is 0 Å². The number of hydrogen-bond acceptors (Lipinski definition) is 7. The Hall–Kier alpha value is -3.62. The summed E-state index contributed by atoms with van der Waals surface area (Å²) in [5, 5.41) is 10.7. The number of aliphatic hydroxyl groups is 1. The van der Waals surface area contributed by atoms with Gasteiger partial charge in [0.2, 0.25) is 5.78 Å². The lowest BCUT2D eigenvalue weighted by atomic mass is 9.94. The van der Waals surface area contributed by atoms with Gasteiger partial charge in [-0.25, -0.2) is 4.79 Å². The van der Waals surface area contributed by atoms with Crippen molar-refractivity contribution in [3.8, 4) is 0 Å². The van der Waals surface area contributed by atoms with Crippen molar-refractivity contribution < 1.29 is 28.6 Å². The molecule has 0 spiro atoms. The van der Waals surface area contributed by atoms with E-state index < -0.39 is 23.5 Å². The Morgan fingerprint density at radius 3 is 2.65 bits per heavy atom. The molecule has 0 bridgehead atoms. The molecule has 31 heavy (non-hydrogen) atoms. The van der Waals surface area contributed by atoms with Crippen LogP contribution in [0.5, 0.6) is 0 Å². The summed E-state index contributed by atoms with van der Waals surface area (Å²) in [5.74, 6) is -1.69. The molecule has 2 amide bonds. The molecule has 9 nitrogen and oxygen atoms in total. The molecule has 1 saturated heterocycles. The van der Waals surface area contributed by atoms with Crippen LogP contribution in [0, 0.1) is 0 Å². The van der Waals surface area contributed by atoms with Crippen molar-refractivity contribution in [1.82, 2.24) is 14.8 Å². The fraction of sp³-hybridized carbons (Fsp3) is 0.364. The van der Waals surface area contributed by atoms with Gasteiger partial charge in [-0.2, -0.15) is 0 Å². The summed E-state index contributed by atoms with van der Waals surface area (Å²) < 4.78 is 10.3. The average molecular weight is 425 g/mol. The van der Waals surface area contributed by atoms with Crippen molar-refractivity contribution in [2.75, 3.05) is 19.7 Å². The highest BCUT2D eigenvalue weighted by molar-refractivity contribution is 6.15. The summed E-state index contributed by atoms with van der Waals surface area (Å²) >= 11 is 0. The molecular weight excluding hydrogens is 402 g/mol. The number of rotatable bonds is 5. The van der Waals surface area contributed by atoms with E-state index in [2.05, 4.69) is 4.98 Å². The number of likely N-dealkylation sites (tertiary alicyclic amines) is 1. The molecule has 0 radical (unpaired) electrons. The van der Waals surface area contributed by atoms with E-state index in [0.29, 0.717) is 38.1 Å². The Kier molecular flexibility index (Phi) is 5.75. The average Bonchev–Trinajstić information content (AvgIpc) is 3.42. The second kappa shape index (κ2) is 8.63. The van der Waals surface area contributed by atoms with Crippen molar-refractivity contribution in [1.29, 1.82) is 0 Å². The number of amides is 2. The molecule has 2 aliphatic heterocycles. The van der Waals surface area contributed by atoms with Crippen LogP contribution in [0.3, 0.4) is 0 Å². The molecule has 0 aromatic carbocycles. The first kappa shape index (κ1) is 20.6. The van der Waals surface area contributed by atoms with Crippen LogP contribution >= 0.6 is 0 Å². The van der Waals surface area contributed by atoms with Gasteiger partial charge in [-0.15, -0.1) is 0 Å². The van der Waals surface area contributed by atoms with E-state index in [4.69, 9.17) is 9.15 Å². The fourth-order valence-corrected chi connectivity index (χ4v) is 4.18. The van der Waals surface area contributed by atoms with Crippen LogP contribution in [0.15, 0.2) is 58.7 Å². The van der Waals surface area contributed by atoms with E-state index in [0.717, 1.165) is 0 Å². The van der Waals surface area contributed by atoms with E-state index in [1.165, 1.54) is 17.2 Å². The highest BCUT2D eigenvalue weighted by Crippen LogP contribution is 2.41. The lowest BCUT2D eigenvalue weighted by Gasteiger charge is -2.39. The minimum absolute atomic E-state index is 0.0271. The number of ether oxygens (including phenoxy) is 1. The third-order valence-corrected chi connectivity index (χ3v) is 5.62. The summed E-state index contributed by atoms with van der Waals surface area (Å²) in [7, 11) is 0. The molecule has 0 aliphatic carbocycles. The fourth-order valence-electron chi connectivity index (χ4n) is 4.18. The number of Topliss-reactive ketones (excluding diaryl/α,β-unsaturated/α-hetero) is 1. The van der Waals surface area contributed by atoms with Gasteiger partial charge in [0.05, 0.1) is 24.5 Å². The lowest BCUT2D eigenvalue weighted by Crippen LogP contribution is -2.48. The number of carbonyl (C=O) groups excluding carboxylic acids is 3. The lowest BCUT2D eigenvalue weighted by molar-refractivity contribution is -0.132. The van der Waals surface area contributed by atoms with Gasteiger partial charge in [-0.05, 0) is 43.5 Å². The first-order chi connectivity index (χ1) is 15.0. The number of furan rings is 1. The summed E-state index contributed by atoms with van der Waals surface area (Å²) in [6.45, 7) is 2.87. The third kappa shape index (κ3) is 3.78. The first-order valence-corrected chi connectivity index (χ1v) is 10.2. The molecule has 0 saturated carbocycles. The van der Waals surface area contributed by atoms with Gasteiger partial charge in [-0.1, -0.05) is 6.07 Å². The largest absolute Gasteiger partial charge is 0.503 e. The van der Waals surface area contributed by atoms with Crippen molar-refractivity contribution in [2.24, 2.45) is 0 Å². The number of aromatic nitrogens is 1. The topological polar surface area (TPSA) is 113 Å². The predicted molar refractivity (Wildman–Crippen MR) is 108 cm³/mol. The molecule has 4 heterocycles. The minimum atomic E-state index is -0.794. The van der Waals surface area contributed by atoms with Crippen LogP contribution < -0.4 is 0 Å². The molecule has 1 fully saturated rings. The molecule has 4 rings (SSSR count). The Bertz CT molecular complexity index is 994. The predicted octanol–water partition coefficient (Wildman–Crippen LogP) is 2.87. The number of ketones is 1. The van der Waals surface area contributed by atoms with Gasteiger partial charge in [-0.3, -0.25) is 14.6 Å². The monoisotopic (exact) mass is 425 g/mol. The molecule has 1 unspecified atom stereocenters. The Morgan fingerprint density at radius 2 is 2.03 bits per heavy atom. The number of pyridine rings is 1. The molecule has 1 N–H and O–H groups in total. The zero-order chi connectivity index (χ0) is 22.0. The van der Waals surface area contributed by atoms with Crippen LogP contribution in [-0.4, -0.2) is 63.4 Å². The van der Waals surface area contributed by atoms with Crippen molar-refractivity contribution in [3.05, 3.63) is 65.6 Å². The number of aliphatic hydroxyl groups excluding tert-OH is 1. The zero-order valence-corrected chi connectivity index (χ0v) is 17.1. The van der Waals surface area contributed by atoms with Gasteiger partial charge < -0.3 is 24.1 Å². The first-order valence-electron chi connectivity index (χ1n) is 10.2. The molecule has 1 atom stereocenters. The van der Waals surface area contributed by atoms with Crippen LogP contribution in [0.1, 0.15) is 41.9 Å². The maximum Gasteiger partial charge on any atom is 0.409 e. The highest BCUT2D eigenvalue weighted by atomic mass is 16.6. The van der Waals surface area contributed by atoms with Crippen LogP contribution in [-0.2, 0) is 9.53 Å². The summed E-state index contributed by atoms with van der Waals surface area (Å²) in [6, 6.07) is 5.48. The van der Waals surface area contributed by atoms with Gasteiger partial charge in [0.25, 0.3) is 5.91 Å². The van der Waals surface area contributed by atoms with E-state index in [9.17, 15) is 19.5 Å². The number of carbonyl (C=O) groups is 3. The number of piperidine rings is 1. The Balaban J connectivity index is 1.64. The van der Waals surface area contributed by atoms with Crippen molar-refractivity contribution >= 4 is 17.8 Å². The van der Waals surface area contributed by atoms with Gasteiger partial charge in [0.15, 0.2) is 11.5 Å².